The molecule has 5 heteroatoms. The summed E-state index contributed by atoms with van der Waals surface area (Å²) in [5, 5.41) is 18.0. The Hall–Kier alpha value is -1.46. The summed E-state index contributed by atoms with van der Waals surface area (Å²) < 4.78 is 5.32. The number of ketones is 1. The van der Waals surface area contributed by atoms with Crippen molar-refractivity contribution in [2.45, 2.75) is 70.8 Å². The fourth-order valence-electron chi connectivity index (χ4n) is 3.73. The van der Waals surface area contributed by atoms with Gasteiger partial charge in [-0.15, -0.1) is 0 Å². The summed E-state index contributed by atoms with van der Waals surface area (Å²) in [6.07, 6.45) is 14.8. The summed E-state index contributed by atoms with van der Waals surface area (Å²) >= 11 is 0. The Kier molecular flexibility index (Phi) is 11.9. The second-order valence-electron chi connectivity index (χ2n) is 7.49. The molecule has 154 valence electrons. The third kappa shape index (κ3) is 8.85. The number of aliphatic hydroxyl groups is 1. The van der Waals surface area contributed by atoms with E-state index in [9.17, 15) is 14.7 Å². The molecule has 0 aromatic carbocycles. The molecular formula is C22H36O5. The topological polar surface area (TPSA) is 83.8 Å². The van der Waals surface area contributed by atoms with Crippen LogP contribution in [0.1, 0.15) is 64.7 Å². The number of rotatable bonds is 14. The number of ether oxygens (including phenoxy) is 1. The zero-order chi connectivity index (χ0) is 20.1. The van der Waals surface area contributed by atoms with Gasteiger partial charge in [-0.25, -0.2) is 4.79 Å². The third-order valence-corrected chi connectivity index (χ3v) is 5.30. The number of methoxy groups -OCH3 is 1. The predicted molar refractivity (Wildman–Crippen MR) is 107 cm³/mol. The first-order chi connectivity index (χ1) is 13.0. The maximum absolute atomic E-state index is 12.5. The second-order valence-corrected chi connectivity index (χ2v) is 7.49. The molecule has 2 N–H and O–H groups in total. The molecule has 0 aromatic rings. The SMILES string of the molecule is CCCCCC/C=C/[C@H]1[C@H](COC)CC(=O)[C@@H]1C/C=C\CCC(O)C(=O)O. The molecule has 1 fully saturated rings. The fourth-order valence-corrected chi connectivity index (χ4v) is 3.73. The number of carbonyl (C=O) groups is 2. The van der Waals surface area contributed by atoms with Gasteiger partial charge >= 0.3 is 5.97 Å². The molecule has 1 saturated carbocycles. The Morgan fingerprint density at radius 1 is 1.22 bits per heavy atom. The number of unbranched alkanes of at least 4 members (excludes halogenated alkanes) is 4. The lowest BCUT2D eigenvalue weighted by molar-refractivity contribution is -0.146. The molecule has 0 amide bonds. The molecule has 5 nitrogen and oxygen atoms in total. The lowest BCUT2D eigenvalue weighted by atomic mass is 9.86. The largest absolute Gasteiger partial charge is 0.479 e. The van der Waals surface area contributed by atoms with Crippen molar-refractivity contribution in [2.24, 2.45) is 17.8 Å². The van der Waals surface area contributed by atoms with Gasteiger partial charge in [0.25, 0.3) is 0 Å². The Morgan fingerprint density at radius 3 is 2.67 bits per heavy atom. The molecule has 0 heterocycles. The predicted octanol–water partition coefficient (Wildman–Crippen LogP) is 4.15. The van der Waals surface area contributed by atoms with Crippen LogP contribution in [0.5, 0.6) is 0 Å². The summed E-state index contributed by atoms with van der Waals surface area (Å²) in [5.74, 6) is -0.494. The first kappa shape index (κ1) is 23.6. The average Bonchev–Trinajstić information content (AvgIpc) is 2.92. The van der Waals surface area contributed by atoms with Crippen molar-refractivity contribution in [2.75, 3.05) is 13.7 Å². The molecular weight excluding hydrogens is 344 g/mol. The van der Waals surface area contributed by atoms with Crippen LogP contribution in [-0.2, 0) is 14.3 Å². The van der Waals surface area contributed by atoms with E-state index in [1.807, 2.05) is 12.2 Å². The van der Waals surface area contributed by atoms with E-state index in [-0.39, 0.29) is 30.0 Å². The van der Waals surface area contributed by atoms with Crippen LogP contribution >= 0.6 is 0 Å². The molecule has 0 radical (unpaired) electrons. The van der Waals surface area contributed by atoms with Crippen molar-refractivity contribution in [1.29, 1.82) is 0 Å². The van der Waals surface area contributed by atoms with Crippen molar-refractivity contribution in [3.63, 3.8) is 0 Å². The monoisotopic (exact) mass is 380 g/mol. The van der Waals surface area contributed by atoms with Gasteiger partial charge in [-0.3, -0.25) is 4.79 Å². The van der Waals surface area contributed by atoms with Gasteiger partial charge in [0, 0.05) is 19.4 Å². The number of allylic oxidation sites excluding steroid dienone is 4. The van der Waals surface area contributed by atoms with Crippen molar-refractivity contribution >= 4 is 11.8 Å². The van der Waals surface area contributed by atoms with Crippen LogP contribution in [0.15, 0.2) is 24.3 Å². The van der Waals surface area contributed by atoms with E-state index in [1.165, 1.54) is 25.7 Å². The summed E-state index contributed by atoms with van der Waals surface area (Å²) in [6.45, 7) is 2.80. The Morgan fingerprint density at radius 2 is 2.00 bits per heavy atom. The van der Waals surface area contributed by atoms with E-state index >= 15 is 0 Å². The van der Waals surface area contributed by atoms with Gasteiger partial charge in [-0.05, 0) is 43.9 Å². The summed E-state index contributed by atoms with van der Waals surface area (Å²) in [5.41, 5.74) is 0. The number of carbonyl (C=O) groups excluding carboxylic acids is 1. The Labute approximate surface area is 163 Å². The van der Waals surface area contributed by atoms with Crippen LogP contribution in [0.25, 0.3) is 0 Å². The third-order valence-electron chi connectivity index (χ3n) is 5.30. The molecule has 1 rings (SSSR count). The van der Waals surface area contributed by atoms with Gasteiger partial charge in [-0.2, -0.15) is 0 Å². The molecule has 1 unspecified atom stereocenters. The average molecular weight is 381 g/mol. The number of carboxylic acid groups (broad SMARTS) is 1. The highest BCUT2D eigenvalue weighted by atomic mass is 16.5. The normalized spacial score (nSPS) is 24.3. The Bertz CT molecular complexity index is 497. The standard InChI is InChI=1S/C22H36O5/c1-3-4-5-6-7-9-12-18-17(16-27-2)15-21(24)19(18)13-10-8-11-14-20(23)22(25)26/h8-10,12,17-20,23H,3-7,11,13-16H2,1-2H3,(H,25,26)/b10-8-,12-9+/t17-,18-,19+,20?/m0/s1. The summed E-state index contributed by atoms with van der Waals surface area (Å²) in [6, 6.07) is 0. The number of aliphatic carboxylic acids is 1. The fraction of sp³-hybridized carbons (Fsp3) is 0.727. The zero-order valence-corrected chi connectivity index (χ0v) is 16.8. The number of Topliss-reactive ketones (excluding diaryl/α,β-unsaturated/α-hetero) is 1. The van der Waals surface area contributed by atoms with Crippen LogP contribution in [-0.4, -0.2) is 41.8 Å². The molecule has 0 bridgehead atoms. The summed E-state index contributed by atoms with van der Waals surface area (Å²) in [7, 11) is 1.68. The van der Waals surface area contributed by atoms with E-state index in [4.69, 9.17) is 9.84 Å². The van der Waals surface area contributed by atoms with Crippen molar-refractivity contribution in [3.8, 4) is 0 Å². The number of aliphatic hydroxyl groups excluding tert-OH is 1. The van der Waals surface area contributed by atoms with Crippen LogP contribution in [0.2, 0.25) is 0 Å². The first-order valence-corrected chi connectivity index (χ1v) is 10.2. The quantitative estimate of drug-likeness (QED) is 0.349. The molecule has 4 atom stereocenters. The zero-order valence-electron chi connectivity index (χ0n) is 16.8. The minimum Gasteiger partial charge on any atom is -0.479 e. The number of hydrogen-bond acceptors (Lipinski definition) is 4. The highest BCUT2D eigenvalue weighted by Gasteiger charge is 2.39. The molecule has 0 aromatic heterocycles. The lowest BCUT2D eigenvalue weighted by Gasteiger charge is -2.19. The number of carboxylic acids is 1. The van der Waals surface area contributed by atoms with Gasteiger partial charge in [0.1, 0.15) is 5.78 Å². The lowest BCUT2D eigenvalue weighted by Crippen LogP contribution is -2.18. The molecule has 1 aliphatic carbocycles. The van der Waals surface area contributed by atoms with E-state index in [1.54, 1.807) is 7.11 Å². The maximum Gasteiger partial charge on any atom is 0.332 e. The minimum atomic E-state index is -1.32. The maximum atomic E-state index is 12.5. The molecule has 0 saturated heterocycles. The van der Waals surface area contributed by atoms with E-state index in [2.05, 4.69) is 19.1 Å². The minimum absolute atomic E-state index is 0.0299. The molecule has 1 aliphatic rings. The van der Waals surface area contributed by atoms with Crippen LogP contribution in [0, 0.1) is 17.8 Å². The molecule has 0 spiro atoms. The van der Waals surface area contributed by atoms with Crippen molar-refractivity contribution in [1.82, 2.24) is 0 Å². The first-order valence-electron chi connectivity index (χ1n) is 10.2. The highest BCUT2D eigenvalue weighted by Crippen LogP contribution is 2.38. The van der Waals surface area contributed by atoms with E-state index in [0.29, 0.717) is 25.9 Å². The Balaban J connectivity index is 2.55. The van der Waals surface area contributed by atoms with Crippen LogP contribution < -0.4 is 0 Å². The second kappa shape index (κ2) is 13.7. The molecule has 0 aliphatic heterocycles. The van der Waals surface area contributed by atoms with E-state index in [0.717, 1.165) is 6.42 Å². The van der Waals surface area contributed by atoms with Crippen molar-refractivity contribution in [3.05, 3.63) is 24.3 Å². The summed E-state index contributed by atoms with van der Waals surface area (Å²) in [4.78, 5) is 23.1. The van der Waals surface area contributed by atoms with Gasteiger partial charge < -0.3 is 14.9 Å². The van der Waals surface area contributed by atoms with Crippen molar-refractivity contribution < 1.29 is 24.5 Å². The van der Waals surface area contributed by atoms with Gasteiger partial charge in [0.2, 0.25) is 0 Å². The van der Waals surface area contributed by atoms with Gasteiger partial charge in [0.15, 0.2) is 6.10 Å². The van der Waals surface area contributed by atoms with Gasteiger partial charge in [-0.1, -0.05) is 50.5 Å². The van der Waals surface area contributed by atoms with Gasteiger partial charge in [0.05, 0.1) is 6.61 Å². The smallest absolute Gasteiger partial charge is 0.332 e. The molecule has 27 heavy (non-hydrogen) atoms. The van der Waals surface area contributed by atoms with Crippen LogP contribution in [0.4, 0.5) is 0 Å². The van der Waals surface area contributed by atoms with Crippen LogP contribution in [0.3, 0.4) is 0 Å². The number of hydrogen-bond donors (Lipinski definition) is 2. The highest BCUT2D eigenvalue weighted by molar-refractivity contribution is 5.84. The van der Waals surface area contributed by atoms with E-state index < -0.39 is 12.1 Å².